The molecule has 0 aliphatic carbocycles. The standard InChI is InChI=1S/C13H14F2N2OS/c1-8-17-10(7-19-8)5-16-6-13(18)9-2-3-11(14)12(15)4-9/h2-4,7,13,16,18H,5-6H2,1H3. The Morgan fingerprint density at radius 1 is 1.37 bits per heavy atom. The summed E-state index contributed by atoms with van der Waals surface area (Å²) in [6, 6.07) is 3.39. The summed E-state index contributed by atoms with van der Waals surface area (Å²) >= 11 is 1.56. The van der Waals surface area contributed by atoms with Crippen LogP contribution in [-0.4, -0.2) is 16.6 Å². The molecule has 0 aliphatic rings. The van der Waals surface area contributed by atoms with Crippen molar-refractivity contribution in [2.24, 2.45) is 0 Å². The Labute approximate surface area is 113 Å². The number of benzene rings is 1. The van der Waals surface area contributed by atoms with Crippen LogP contribution in [0.1, 0.15) is 22.4 Å². The molecule has 0 saturated carbocycles. The SMILES string of the molecule is Cc1nc(CNCC(O)c2ccc(F)c(F)c2)cs1. The van der Waals surface area contributed by atoms with Gasteiger partial charge in [-0.3, -0.25) is 0 Å². The number of aliphatic hydroxyl groups is 1. The first-order chi connectivity index (χ1) is 9.06. The van der Waals surface area contributed by atoms with Crippen molar-refractivity contribution in [2.75, 3.05) is 6.54 Å². The summed E-state index contributed by atoms with van der Waals surface area (Å²) in [5.41, 5.74) is 1.25. The monoisotopic (exact) mass is 284 g/mol. The number of nitrogens with one attached hydrogen (secondary N) is 1. The minimum Gasteiger partial charge on any atom is -0.387 e. The van der Waals surface area contributed by atoms with E-state index in [0.29, 0.717) is 12.1 Å². The lowest BCUT2D eigenvalue weighted by atomic mass is 10.1. The zero-order valence-corrected chi connectivity index (χ0v) is 11.2. The summed E-state index contributed by atoms with van der Waals surface area (Å²) < 4.78 is 25.8. The number of rotatable bonds is 5. The van der Waals surface area contributed by atoms with Gasteiger partial charge in [0.05, 0.1) is 16.8 Å². The van der Waals surface area contributed by atoms with Crippen LogP contribution in [0.5, 0.6) is 0 Å². The first-order valence-electron chi connectivity index (χ1n) is 5.81. The van der Waals surface area contributed by atoms with E-state index in [2.05, 4.69) is 10.3 Å². The predicted molar refractivity (Wildman–Crippen MR) is 69.9 cm³/mol. The fraction of sp³-hybridized carbons (Fsp3) is 0.308. The molecular formula is C13H14F2N2OS. The lowest BCUT2D eigenvalue weighted by molar-refractivity contribution is 0.173. The number of thiazole rings is 1. The van der Waals surface area contributed by atoms with Gasteiger partial charge in [-0.2, -0.15) is 0 Å². The number of aromatic nitrogens is 1. The van der Waals surface area contributed by atoms with Crippen molar-refractivity contribution in [3.8, 4) is 0 Å². The van der Waals surface area contributed by atoms with E-state index in [0.717, 1.165) is 22.8 Å². The van der Waals surface area contributed by atoms with Crippen molar-refractivity contribution >= 4 is 11.3 Å². The van der Waals surface area contributed by atoms with Crippen molar-refractivity contribution in [3.05, 3.63) is 51.5 Å². The maximum Gasteiger partial charge on any atom is 0.159 e. The molecule has 2 N–H and O–H groups in total. The Bertz CT molecular complexity index is 559. The van der Waals surface area contributed by atoms with Gasteiger partial charge in [0.1, 0.15) is 0 Å². The number of hydrogen-bond donors (Lipinski definition) is 2. The van der Waals surface area contributed by atoms with E-state index in [9.17, 15) is 13.9 Å². The first-order valence-corrected chi connectivity index (χ1v) is 6.69. The lowest BCUT2D eigenvalue weighted by Crippen LogP contribution is -2.21. The molecule has 0 radical (unpaired) electrons. The number of aryl methyl sites for hydroxylation is 1. The summed E-state index contributed by atoms with van der Waals surface area (Å²) in [4.78, 5) is 4.27. The van der Waals surface area contributed by atoms with Crippen LogP contribution in [0.3, 0.4) is 0 Å². The third-order valence-electron chi connectivity index (χ3n) is 2.64. The fourth-order valence-corrected chi connectivity index (χ4v) is 2.28. The van der Waals surface area contributed by atoms with Crippen LogP contribution >= 0.6 is 11.3 Å². The molecule has 1 atom stereocenters. The molecule has 1 aromatic heterocycles. The molecule has 6 heteroatoms. The van der Waals surface area contributed by atoms with Crippen molar-refractivity contribution in [1.82, 2.24) is 10.3 Å². The van der Waals surface area contributed by atoms with E-state index in [1.165, 1.54) is 6.07 Å². The molecule has 2 rings (SSSR count). The molecule has 0 aliphatic heterocycles. The molecule has 0 amide bonds. The highest BCUT2D eigenvalue weighted by molar-refractivity contribution is 7.09. The predicted octanol–water partition coefficient (Wildman–Crippen LogP) is 2.55. The van der Waals surface area contributed by atoms with Crippen LogP contribution in [-0.2, 0) is 6.54 Å². The Balaban J connectivity index is 1.86. The summed E-state index contributed by atoms with van der Waals surface area (Å²) in [5, 5.41) is 15.8. The second-order valence-corrected chi connectivity index (χ2v) is 5.24. The van der Waals surface area contributed by atoms with Crippen molar-refractivity contribution < 1.29 is 13.9 Å². The smallest absolute Gasteiger partial charge is 0.159 e. The van der Waals surface area contributed by atoms with E-state index >= 15 is 0 Å². The molecule has 0 saturated heterocycles. The third-order valence-corrected chi connectivity index (χ3v) is 3.46. The van der Waals surface area contributed by atoms with Gasteiger partial charge in [0.15, 0.2) is 11.6 Å². The molecule has 102 valence electrons. The third kappa shape index (κ3) is 3.79. The first kappa shape index (κ1) is 14.0. The molecule has 0 fully saturated rings. The molecule has 1 aromatic carbocycles. The average Bonchev–Trinajstić information content (AvgIpc) is 2.78. The maximum atomic E-state index is 13.0. The zero-order valence-electron chi connectivity index (χ0n) is 10.4. The van der Waals surface area contributed by atoms with Crippen LogP contribution in [0, 0.1) is 18.6 Å². The second-order valence-electron chi connectivity index (χ2n) is 4.18. The van der Waals surface area contributed by atoms with E-state index in [1.807, 2.05) is 12.3 Å². The summed E-state index contributed by atoms with van der Waals surface area (Å²) in [7, 11) is 0. The van der Waals surface area contributed by atoms with Gasteiger partial charge in [-0.15, -0.1) is 11.3 Å². The minimum absolute atomic E-state index is 0.252. The highest BCUT2D eigenvalue weighted by atomic mass is 32.1. The van der Waals surface area contributed by atoms with Crippen molar-refractivity contribution in [3.63, 3.8) is 0 Å². The molecule has 0 bridgehead atoms. The molecule has 19 heavy (non-hydrogen) atoms. The van der Waals surface area contributed by atoms with Crippen LogP contribution in [0.25, 0.3) is 0 Å². The molecule has 0 spiro atoms. The Morgan fingerprint density at radius 2 is 2.16 bits per heavy atom. The molecule has 3 nitrogen and oxygen atoms in total. The highest BCUT2D eigenvalue weighted by Gasteiger charge is 2.10. The van der Waals surface area contributed by atoms with Crippen molar-refractivity contribution in [1.29, 1.82) is 0 Å². The minimum atomic E-state index is -0.952. The number of aliphatic hydroxyl groups excluding tert-OH is 1. The zero-order chi connectivity index (χ0) is 13.8. The largest absolute Gasteiger partial charge is 0.387 e. The summed E-state index contributed by atoms with van der Waals surface area (Å²) in [6.45, 7) is 2.71. The van der Waals surface area contributed by atoms with Gasteiger partial charge in [-0.1, -0.05) is 6.07 Å². The number of nitrogens with zero attached hydrogens (tertiary/aromatic N) is 1. The van der Waals surface area contributed by atoms with Gasteiger partial charge >= 0.3 is 0 Å². The van der Waals surface area contributed by atoms with E-state index in [1.54, 1.807) is 11.3 Å². The van der Waals surface area contributed by atoms with Crippen LogP contribution < -0.4 is 5.32 Å². The normalized spacial score (nSPS) is 12.6. The molecule has 2 aromatic rings. The topological polar surface area (TPSA) is 45.2 Å². The van der Waals surface area contributed by atoms with Crippen molar-refractivity contribution in [2.45, 2.75) is 19.6 Å². The Kier molecular flexibility index (Phi) is 4.57. The van der Waals surface area contributed by atoms with Gasteiger partial charge in [0, 0.05) is 18.5 Å². The fourth-order valence-electron chi connectivity index (χ4n) is 1.66. The second kappa shape index (κ2) is 6.18. The average molecular weight is 284 g/mol. The van der Waals surface area contributed by atoms with Crippen LogP contribution in [0.2, 0.25) is 0 Å². The van der Waals surface area contributed by atoms with E-state index < -0.39 is 17.7 Å². The molecule has 1 unspecified atom stereocenters. The molecular weight excluding hydrogens is 270 g/mol. The Hall–Kier alpha value is -1.37. The quantitative estimate of drug-likeness (QED) is 0.887. The van der Waals surface area contributed by atoms with Gasteiger partial charge < -0.3 is 10.4 Å². The number of hydrogen-bond acceptors (Lipinski definition) is 4. The Morgan fingerprint density at radius 3 is 2.79 bits per heavy atom. The molecule has 1 heterocycles. The van der Waals surface area contributed by atoms with Gasteiger partial charge in [-0.25, -0.2) is 13.8 Å². The maximum absolute atomic E-state index is 13.0. The summed E-state index contributed by atoms with van der Waals surface area (Å²) in [5.74, 6) is -1.87. The van der Waals surface area contributed by atoms with Gasteiger partial charge in [0.25, 0.3) is 0 Å². The lowest BCUT2D eigenvalue weighted by Gasteiger charge is -2.11. The van der Waals surface area contributed by atoms with E-state index in [-0.39, 0.29) is 6.54 Å². The van der Waals surface area contributed by atoms with Crippen LogP contribution in [0.4, 0.5) is 8.78 Å². The van der Waals surface area contributed by atoms with Crippen LogP contribution in [0.15, 0.2) is 23.6 Å². The van der Waals surface area contributed by atoms with E-state index in [4.69, 9.17) is 0 Å². The summed E-state index contributed by atoms with van der Waals surface area (Å²) in [6.07, 6.45) is -0.880. The number of halogens is 2. The van der Waals surface area contributed by atoms with Gasteiger partial charge in [-0.05, 0) is 24.6 Å². The van der Waals surface area contributed by atoms with Gasteiger partial charge in [0.2, 0.25) is 0 Å². The highest BCUT2D eigenvalue weighted by Crippen LogP contribution is 2.16.